The summed E-state index contributed by atoms with van der Waals surface area (Å²) in [4.78, 5) is 27.1. The first-order valence-corrected chi connectivity index (χ1v) is 12.0. The van der Waals surface area contributed by atoms with E-state index < -0.39 is 52.9 Å². The van der Waals surface area contributed by atoms with Gasteiger partial charge < -0.3 is 4.57 Å². The van der Waals surface area contributed by atoms with Gasteiger partial charge in [0.25, 0.3) is 0 Å². The maximum absolute atomic E-state index is 14.2. The van der Waals surface area contributed by atoms with Crippen LogP contribution in [0.5, 0.6) is 0 Å². The molecule has 1 unspecified atom stereocenters. The fraction of sp³-hybridized carbons (Fsp3) is 0.391. The summed E-state index contributed by atoms with van der Waals surface area (Å²) in [5.41, 5.74) is -9.03. The molecule has 0 heterocycles. The van der Waals surface area contributed by atoms with Crippen molar-refractivity contribution in [1.82, 2.24) is 0 Å². The zero-order chi connectivity index (χ0) is 24.8. The molecule has 0 N–H and O–H groups in total. The maximum atomic E-state index is 14.2. The molecule has 0 bridgehead atoms. The normalized spacial score (nSPS) is 17.1. The summed E-state index contributed by atoms with van der Waals surface area (Å²) in [6.07, 6.45) is -9.50. The van der Waals surface area contributed by atoms with Crippen LogP contribution in [0.15, 0.2) is 36.4 Å². The first-order chi connectivity index (χ1) is 15.2. The van der Waals surface area contributed by atoms with Crippen LogP contribution in [0.2, 0.25) is 0 Å². The second-order valence-corrected chi connectivity index (χ2v) is 11.1. The van der Waals surface area contributed by atoms with Gasteiger partial charge in [-0.2, -0.15) is 26.3 Å². The zero-order valence-corrected chi connectivity index (χ0v) is 18.7. The standard InChI is InChI=1S/C23H21F6O3P/c1-13-7-5-8-14(2)18(13)20(30)33(32,15-9-3-4-10-15)21(31)19-16(22(24,25)26)11-6-12-17(19)23(27,28)29/h5-8,11-12,15H,3-4,9-10H2,1-2H3. The summed E-state index contributed by atoms with van der Waals surface area (Å²) >= 11 is 0. The van der Waals surface area contributed by atoms with Crippen molar-refractivity contribution in [3.8, 4) is 0 Å². The molecular formula is C23H21F6O3P. The average Bonchev–Trinajstić information content (AvgIpc) is 3.26. The van der Waals surface area contributed by atoms with E-state index in [-0.39, 0.29) is 18.4 Å². The summed E-state index contributed by atoms with van der Waals surface area (Å²) in [7, 11) is -4.92. The Morgan fingerprint density at radius 1 is 0.758 bits per heavy atom. The third kappa shape index (κ3) is 4.52. The van der Waals surface area contributed by atoms with Gasteiger partial charge in [-0.1, -0.05) is 37.1 Å². The number of alkyl halides is 6. The summed E-state index contributed by atoms with van der Waals surface area (Å²) < 4.78 is 96.4. The molecular weight excluding hydrogens is 469 g/mol. The highest BCUT2D eigenvalue weighted by Crippen LogP contribution is 2.62. The number of halogens is 6. The topological polar surface area (TPSA) is 51.2 Å². The van der Waals surface area contributed by atoms with Crippen LogP contribution in [0, 0.1) is 13.8 Å². The summed E-state index contributed by atoms with van der Waals surface area (Å²) in [5, 5.41) is 0. The van der Waals surface area contributed by atoms with Crippen molar-refractivity contribution in [2.75, 3.05) is 0 Å². The van der Waals surface area contributed by atoms with Crippen molar-refractivity contribution in [3.63, 3.8) is 0 Å². The number of benzene rings is 2. The molecule has 2 aromatic carbocycles. The molecule has 1 aliphatic rings. The zero-order valence-electron chi connectivity index (χ0n) is 17.8. The van der Waals surface area contributed by atoms with Crippen LogP contribution in [0.25, 0.3) is 0 Å². The molecule has 3 rings (SSSR count). The Morgan fingerprint density at radius 3 is 1.58 bits per heavy atom. The predicted octanol–water partition coefficient (Wildman–Crippen LogP) is 7.63. The van der Waals surface area contributed by atoms with E-state index >= 15 is 0 Å². The molecule has 10 heteroatoms. The van der Waals surface area contributed by atoms with E-state index in [4.69, 9.17) is 0 Å². The van der Waals surface area contributed by atoms with Gasteiger partial charge in [0.05, 0.1) is 16.7 Å². The third-order valence-electron chi connectivity index (χ3n) is 6.03. The molecule has 1 aliphatic carbocycles. The van der Waals surface area contributed by atoms with Gasteiger partial charge in [-0.3, -0.25) is 9.59 Å². The maximum Gasteiger partial charge on any atom is 0.417 e. The molecule has 1 saturated carbocycles. The lowest BCUT2D eigenvalue weighted by Crippen LogP contribution is -2.26. The lowest BCUT2D eigenvalue weighted by atomic mass is 10.0. The highest BCUT2D eigenvalue weighted by atomic mass is 31.2. The van der Waals surface area contributed by atoms with E-state index in [0.29, 0.717) is 42.2 Å². The molecule has 1 atom stereocenters. The van der Waals surface area contributed by atoms with E-state index in [1.54, 1.807) is 6.07 Å². The Labute approximate surface area is 186 Å². The summed E-state index contributed by atoms with van der Waals surface area (Å²) in [5.74, 6) is 0. The Hall–Kier alpha value is -2.41. The van der Waals surface area contributed by atoms with E-state index in [1.165, 1.54) is 26.0 Å². The number of hydrogen-bond donors (Lipinski definition) is 0. The molecule has 3 nitrogen and oxygen atoms in total. The van der Waals surface area contributed by atoms with Crippen molar-refractivity contribution in [2.24, 2.45) is 0 Å². The quantitative estimate of drug-likeness (QED) is 0.320. The van der Waals surface area contributed by atoms with Crippen molar-refractivity contribution < 1.29 is 40.5 Å². The fourth-order valence-electron chi connectivity index (χ4n) is 4.43. The van der Waals surface area contributed by atoms with Crippen molar-refractivity contribution in [1.29, 1.82) is 0 Å². The van der Waals surface area contributed by atoms with Crippen LogP contribution < -0.4 is 0 Å². The average molecular weight is 490 g/mol. The first-order valence-electron chi connectivity index (χ1n) is 10.2. The van der Waals surface area contributed by atoms with Gasteiger partial charge in [0.1, 0.15) is 0 Å². The highest BCUT2D eigenvalue weighted by Gasteiger charge is 2.53. The Balaban J connectivity index is 2.34. The van der Waals surface area contributed by atoms with Gasteiger partial charge >= 0.3 is 12.4 Å². The highest BCUT2D eigenvalue weighted by molar-refractivity contribution is 7.96. The van der Waals surface area contributed by atoms with E-state index in [2.05, 4.69) is 0 Å². The number of rotatable bonds is 5. The van der Waals surface area contributed by atoms with E-state index in [0.717, 1.165) is 0 Å². The molecule has 0 spiro atoms. The molecule has 0 aliphatic heterocycles. The fourth-order valence-corrected chi connectivity index (χ4v) is 7.63. The molecule has 1 fully saturated rings. The monoisotopic (exact) mass is 490 g/mol. The van der Waals surface area contributed by atoms with Gasteiger partial charge in [0, 0.05) is 11.2 Å². The molecule has 33 heavy (non-hydrogen) atoms. The van der Waals surface area contributed by atoms with Gasteiger partial charge in [-0.05, 0) is 49.9 Å². The smallest absolute Gasteiger partial charge is 0.306 e. The van der Waals surface area contributed by atoms with Crippen LogP contribution in [0.3, 0.4) is 0 Å². The minimum Gasteiger partial charge on any atom is -0.306 e. The van der Waals surface area contributed by atoms with Crippen molar-refractivity contribution in [2.45, 2.75) is 57.5 Å². The molecule has 0 amide bonds. The van der Waals surface area contributed by atoms with Crippen molar-refractivity contribution in [3.05, 3.63) is 69.8 Å². The summed E-state index contributed by atoms with van der Waals surface area (Å²) in [6, 6.07) is 5.83. The number of carbonyl (C=O) groups excluding carboxylic acids is 2. The van der Waals surface area contributed by atoms with Gasteiger partial charge in [-0.15, -0.1) is 0 Å². The number of carbonyl (C=O) groups is 2. The van der Waals surface area contributed by atoms with E-state index in [1.807, 2.05) is 0 Å². The van der Waals surface area contributed by atoms with Crippen LogP contribution >= 0.6 is 7.14 Å². The van der Waals surface area contributed by atoms with Crippen LogP contribution in [-0.2, 0) is 16.9 Å². The number of hydrogen-bond acceptors (Lipinski definition) is 3. The van der Waals surface area contributed by atoms with E-state index in [9.17, 15) is 40.5 Å². The van der Waals surface area contributed by atoms with Crippen LogP contribution in [0.1, 0.15) is 68.7 Å². The largest absolute Gasteiger partial charge is 0.417 e. The predicted molar refractivity (Wildman–Crippen MR) is 111 cm³/mol. The van der Waals surface area contributed by atoms with Gasteiger partial charge in [0.2, 0.25) is 18.2 Å². The minimum absolute atomic E-state index is 0.0980. The first kappa shape index (κ1) is 25.2. The second-order valence-electron chi connectivity index (χ2n) is 8.20. The second kappa shape index (κ2) is 8.75. The Bertz CT molecular complexity index is 1090. The summed E-state index contributed by atoms with van der Waals surface area (Å²) in [6.45, 7) is 3.02. The molecule has 0 saturated heterocycles. The van der Waals surface area contributed by atoms with Gasteiger partial charge in [-0.25, -0.2) is 0 Å². The lowest BCUT2D eigenvalue weighted by molar-refractivity contribution is -0.143. The lowest BCUT2D eigenvalue weighted by Gasteiger charge is -2.26. The van der Waals surface area contributed by atoms with Crippen LogP contribution in [-0.4, -0.2) is 16.7 Å². The third-order valence-corrected chi connectivity index (χ3v) is 9.23. The Morgan fingerprint density at radius 2 is 1.15 bits per heavy atom. The molecule has 0 aromatic heterocycles. The van der Waals surface area contributed by atoms with Crippen LogP contribution in [0.4, 0.5) is 26.3 Å². The minimum atomic E-state index is -5.33. The molecule has 178 valence electrons. The van der Waals surface area contributed by atoms with Crippen molar-refractivity contribution >= 4 is 18.2 Å². The SMILES string of the molecule is Cc1cccc(C)c1C(=O)P(=O)(C(=O)c1c(C(F)(F)F)cccc1C(F)(F)F)C1CCCC1. The Kier molecular flexibility index (Phi) is 6.68. The molecule has 2 aromatic rings. The van der Waals surface area contributed by atoms with Gasteiger partial charge in [0.15, 0.2) is 0 Å². The molecule has 0 radical (unpaired) electrons. The number of aryl methyl sites for hydroxylation is 2.